The van der Waals surface area contributed by atoms with Crippen molar-refractivity contribution < 1.29 is 0 Å². The Morgan fingerprint density at radius 2 is 1.95 bits per heavy atom. The quantitative estimate of drug-likeness (QED) is 0.751. The lowest BCUT2D eigenvalue weighted by Gasteiger charge is -2.25. The van der Waals surface area contributed by atoms with Crippen LogP contribution in [0.2, 0.25) is 0 Å². The summed E-state index contributed by atoms with van der Waals surface area (Å²) in [6, 6.07) is 6.48. The van der Waals surface area contributed by atoms with Gasteiger partial charge in [0.25, 0.3) is 0 Å². The van der Waals surface area contributed by atoms with Crippen LogP contribution in [0.5, 0.6) is 0 Å². The van der Waals surface area contributed by atoms with Gasteiger partial charge in [-0.05, 0) is 48.4 Å². The van der Waals surface area contributed by atoms with Crippen molar-refractivity contribution in [2.24, 2.45) is 5.92 Å². The molecule has 0 radical (unpaired) electrons. The molecule has 0 unspecified atom stereocenters. The maximum Gasteiger partial charge on any atom is 0.0175 e. The molecule has 1 heteroatoms. The van der Waals surface area contributed by atoms with Crippen molar-refractivity contribution in [3.05, 3.63) is 47.2 Å². The fourth-order valence-electron chi connectivity index (χ4n) is 2.87. The Balaban J connectivity index is 2.41. The van der Waals surface area contributed by atoms with E-state index in [1.165, 1.54) is 48.3 Å². The molecule has 0 saturated carbocycles. The maximum atomic E-state index is 3.96. The number of aryl methyl sites for hydroxylation is 1. The summed E-state index contributed by atoms with van der Waals surface area (Å²) in [7, 11) is 0. The highest BCUT2D eigenvalue weighted by molar-refractivity contribution is 5.68. The lowest BCUT2D eigenvalue weighted by atomic mass is 9.98. The van der Waals surface area contributed by atoms with E-state index >= 15 is 0 Å². The summed E-state index contributed by atoms with van der Waals surface area (Å²) in [5.41, 5.74) is 5.32. The Labute approximate surface area is 117 Å². The van der Waals surface area contributed by atoms with Crippen LogP contribution >= 0.6 is 0 Å². The molecular weight excluding hydrogens is 230 g/mol. The van der Waals surface area contributed by atoms with Gasteiger partial charge < -0.3 is 4.90 Å². The van der Waals surface area contributed by atoms with Crippen LogP contribution in [0, 0.1) is 12.8 Å². The average molecular weight is 255 g/mol. The van der Waals surface area contributed by atoms with Gasteiger partial charge in [0.1, 0.15) is 0 Å². The van der Waals surface area contributed by atoms with Gasteiger partial charge in [-0.25, -0.2) is 0 Å². The molecule has 0 atom stereocenters. The van der Waals surface area contributed by atoms with E-state index < -0.39 is 0 Å². The minimum absolute atomic E-state index is 0.566. The van der Waals surface area contributed by atoms with E-state index in [4.69, 9.17) is 0 Å². The van der Waals surface area contributed by atoms with Crippen LogP contribution in [-0.2, 0) is 0 Å². The van der Waals surface area contributed by atoms with Crippen LogP contribution in [0.3, 0.4) is 0 Å². The predicted molar refractivity (Wildman–Crippen MR) is 84.9 cm³/mol. The molecule has 1 aliphatic rings. The minimum atomic E-state index is 0.566. The zero-order valence-corrected chi connectivity index (χ0v) is 12.4. The lowest BCUT2D eigenvalue weighted by molar-refractivity contribution is 0.384. The molecule has 19 heavy (non-hydrogen) atoms. The second kappa shape index (κ2) is 6.10. The van der Waals surface area contributed by atoms with Crippen LogP contribution in [0.4, 0.5) is 0 Å². The van der Waals surface area contributed by atoms with E-state index in [0.717, 1.165) is 0 Å². The third-order valence-electron chi connectivity index (χ3n) is 3.93. The third-order valence-corrected chi connectivity index (χ3v) is 3.93. The molecule has 0 aliphatic carbocycles. The number of likely N-dealkylation sites (tertiary alicyclic amines) is 1. The van der Waals surface area contributed by atoms with Crippen molar-refractivity contribution in [3.63, 3.8) is 0 Å². The number of nitrogens with zero attached hydrogens (tertiary/aromatic N) is 1. The molecule has 1 aliphatic heterocycles. The van der Waals surface area contributed by atoms with Gasteiger partial charge in [-0.15, -0.1) is 0 Å². The largest absolute Gasteiger partial charge is 0.375 e. The van der Waals surface area contributed by atoms with E-state index in [2.05, 4.69) is 56.5 Å². The molecule has 0 amide bonds. The van der Waals surface area contributed by atoms with E-state index in [-0.39, 0.29) is 0 Å². The van der Waals surface area contributed by atoms with Crippen molar-refractivity contribution in [1.29, 1.82) is 0 Å². The van der Waals surface area contributed by atoms with Crippen LogP contribution in [-0.4, -0.2) is 18.0 Å². The Hall–Kier alpha value is -1.50. The van der Waals surface area contributed by atoms with Crippen LogP contribution < -0.4 is 0 Å². The van der Waals surface area contributed by atoms with Gasteiger partial charge in [0.05, 0.1) is 0 Å². The molecule has 1 fully saturated rings. The molecule has 1 aromatic rings. The number of allylic oxidation sites excluding steroid dienone is 1. The van der Waals surface area contributed by atoms with E-state index in [0.29, 0.717) is 5.92 Å². The molecule has 1 aromatic carbocycles. The number of benzene rings is 1. The molecule has 102 valence electrons. The molecule has 0 aromatic heterocycles. The average Bonchev–Trinajstić information content (AvgIpc) is 2.89. The van der Waals surface area contributed by atoms with Crippen molar-refractivity contribution in [1.82, 2.24) is 4.90 Å². The Morgan fingerprint density at radius 1 is 1.26 bits per heavy atom. The van der Waals surface area contributed by atoms with Crippen molar-refractivity contribution in [3.8, 4) is 0 Å². The number of hydrogen-bond acceptors (Lipinski definition) is 1. The number of hydrogen-bond donors (Lipinski definition) is 0. The summed E-state index contributed by atoms with van der Waals surface area (Å²) in [5.74, 6) is 0.566. The normalized spacial score (nSPS) is 16.2. The Morgan fingerprint density at radius 3 is 2.53 bits per heavy atom. The molecule has 0 bridgehead atoms. The van der Waals surface area contributed by atoms with Gasteiger partial charge in [0, 0.05) is 18.8 Å². The van der Waals surface area contributed by atoms with Gasteiger partial charge in [-0.3, -0.25) is 0 Å². The van der Waals surface area contributed by atoms with Crippen LogP contribution in [0.15, 0.2) is 30.5 Å². The second-order valence-electron chi connectivity index (χ2n) is 5.70. The molecule has 1 heterocycles. The van der Waals surface area contributed by atoms with Crippen molar-refractivity contribution >= 4 is 12.2 Å². The standard InChI is InChI=1S/C18H25N/c1-5-17-15(4)9-8-10-16(17)13-18(14(2)3)19-11-6-7-12-19/h5,8-10,13-14H,1,6-7,11-12H2,2-4H3/b18-13+. The minimum Gasteiger partial charge on any atom is -0.375 e. The first kappa shape index (κ1) is 13.9. The van der Waals surface area contributed by atoms with Gasteiger partial charge in [-0.1, -0.05) is 44.7 Å². The summed E-state index contributed by atoms with van der Waals surface area (Å²) in [4.78, 5) is 2.54. The SMILES string of the molecule is C=Cc1c(C)cccc1/C=C(\C(C)C)N1CCCC1. The first-order chi connectivity index (χ1) is 9.13. The third kappa shape index (κ3) is 3.09. The highest BCUT2D eigenvalue weighted by atomic mass is 15.2. The summed E-state index contributed by atoms with van der Waals surface area (Å²) in [5, 5.41) is 0. The summed E-state index contributed by atoms with van der Waals surface area (Å²) < 4.78 is 0. The van der Waals surface area contributed by atoms with E-state index in [1.54, 1.807) is 0 Å². The van der Waals surface area contributed by atoms with Gasteiger partial charge in [0.15, 0.2) is 0 Å². The zero-order valence-electron chi connectivity index (χ0n) is 12.4. The Kier molecular flexibility index (Phi) is 4.47. The van der Waals surface area contributed by atoms with Gasteiger partial charge in [-0.2, -0.15) is 0 Å². The predicted octanol–water partition coefficient (Wildman–Crippen LogP) is 4.73. The van der Waals surface area contributed by atoms with Crippen LogP contribution in [0.25, 0.3) is 12.2 Å². The second-order valence-corrected chi connectivity index (χ2v) is 5.70. The highest BCUT2D eigenvalue weighted by Crippen LogP contribution is 2.26. The molecular formula is C18H25N. The smallest absolute Gasteiger partial charge is 0.0175 e. The summed E-state index contributed by atoms with van der Waals surface area (Å²) in [6.45, 7) is 13.1. The fraction of sp³-hybridized carbons (Fsp3) is 0.444. The molecule has 0 spiro atoms. The number of rotatable bonds is 4. The molecule has 1 nitrogen and oxygen atoms in total. The van der Waals surface area contributed by atoms with Crippen molar-refractivity contribution in [2.75, 3.05) is 13.1 Å². The summed E-state index contributed by atoms with van der Waals surface area (Å²) >= 11 is 0. The first-order valence-electron chi connectivity index (χ1n) is 7.32. The maximum absolute atomic E-state index is 3.96. The molecule has 2 rings (SSSR count). The first-order valence-corrected chi connectivity index (χ1v) is 7.32. The molecule has 1 saturated heterocycles. The zero-order chi connectivity index (χ0) is 13.8. The van der Waals surface area contributed by atoms with Crippen molar-refractivity contribution in [2.45, 2.75) is 33.6 Å². The highest BCUT2D eigenvalue weighted by Gasteiger charge is 2.17. The van der Waals surface area contributed by atoms with E-state index in [1.807, 2.05) is 6.08 Å². The summed E-state index contributed by atoms with van der Waals surface area (Å²) in [6.07, 6.45) is 6.99. The van der Waals surface area contributed by atoms with Gasteiger partial charge >= 0.3 is 0 Å². The van der Waals surface area contributed by atoms with Crippen LogP contribution in [0.1, 0.15) is 43.4 Å². The Bertz CT molecular complexity index is 476. The molecule has 0 N–H and O–H groups in total. The lowest BCUT2D eigenvalue weighted by Crippen LogP contribution is -2.21. The monoisotopic (exact) mass is 255 g/mol. The van der Waals surface area contributed by atoms with Gasteiger partial charge in [0.2, 0.25) is 0 Å². The van der Waals surface area contributed by atoms with E-state index in [9.17, 15) is 0 Å². The fourth-order valence-corrected chi connectivity index (χ4v) is 2.87. The topological polar surface area (TPSA) is 3.24 Å².